The number of hydrogen-bond donors (Lipinski definition) is 0. The minimum atomic E-state index is -0.606. The van der Waals surface area contributed by atoms with Crippen molar-refractivity contribution >= 4 is 5.78 Å². The first-order chi connectivity index (χ1) is 14.3. The van der Waals surface area contributed by atoms with E-state index < -0.39 is 23.0 Å². The van der Waals surface area contributed by atoms with E-state index in [1.54, 1.807) is 24.3 Å². The number of hydrogen-bond acceptors (Lipinski definition) is 4. The number of benzene rings is 2. The van der Waals surface area contributed by atoms with Crippen LogP contribution in [-0.4, -0.2) is 25.3 Å². The van der Waals surface area contributed by atoms with E-state index in [0.717, 1.165) is 15.7 Å². The van der Waals surface area contributed by atoms with Crippen molar-refractivity contribution in [3.63, 3.8) is 0 Å². The minimum Gasteiger partial charge on any atom is -0.483 e. The lowest BCUT2D eigenvalue weighted by molar-refractivity contribution is 0.101. The normalized spacial score (nSPS) is 18.5. The summed E-state index contributed by atoms with van der Waals surface area (Å²) in [6.07, 6.45) is 1.98. The first kappa shape index (κ1) is 18.4. The predicted molar refractivity (Wildman–Crippen MR) is 112 cm³/mol. The third-order valence-corrected chi connectivity index (χ3v) is 5.89. The van der Waals surface area contributed by atoms with Crippen LogP contribution in [0.5, 0.6) is 5.75 Å². The molecule has 0 amide bonds. The summed E-state index contributed by atoms with van der Waals surface area (Å²) in [5, 5.41) is 0. The van der Waals surface area contributed by atoms with Crippen molar-refractivity contribution in [1.82, 2.24) is 13.9 Å². The number of allylic oxidation sites excluding steroid dienone is 1. The van der Waals surface area contributed by atoms with Gasteiger partial charge in [-0.1, -0.05) is 24.3 Å². The molecule has 3 aromatic rings. The fraction of sp³-hybridized carbons (Fsp3) is 0.261. The van der Waals surface area contributed by atoms with Crippen LogP contribution in [0.1, 0.15) is 42.7 Å². The maximum atomic E-state index is 13.5. The molecule has 1 aromatic heterocycles. The van der Waals surface area contributed by atoms with Gasteiger partial charge in [0.1, 0.15) is 17.4 Å². The molecule has 3 heterocycles. The molecule has 7 heteroatoms. The largest absolute Gasteiger partial charge is 0.483 e. The Morgan fingerprint density at radius 1 is 1.03 bits per heavy atom. The number of ether oxygens (including phenoxy) is 1. The Morgan fingerprint density at radius 3 is 2.43 bits per heavy atom. The van der Waals surface area contributed by atoms with Gasteiger partial charge in [-0.25, -0.2) is 23.5 Å². The van der Waals surface area contributed by atoms with Crippen LogP contribution < -0.4 is 16.1 Å². The summed E-state index contributed by atoms with van der Waals surface area (Å²) >= 11 is 0. The van der Waals surface area contributed by atoms with Crippen molar-refractivity contribution in [1.29, 1.82) is 0 Å². The van der Waals surface area contributed by atoms with Crippen LogP contribution in [0, 0.1) is 0 Å². The van der Waals surface area contributed by atoms with E-state index in [-0.39, 0.29) is 12.3 Å². The molecule has 7 nitrogen and oxygen atoms in total. The Morgan fingerprint density at radius 2 is 1.73 bits per heavy atom. The average Bonchev–Trinajstić information content (AvgIpc) is 2.98. The van der Waals surface area contributed by atoms with E-state index in [2.05, 4.69) is 0 Å². The van der Waals surface area contributed by atoms with Gasteiger partial charge in [-0.3, -0.25) is 4.79 Å². The molecule has 0 spiro atoms. The van der Waals surface area contributed by atoms with Crippen LogP contribution in [0.4, 0.5) is 0 Å². The summed E-state index contributed by atoms with van der Waals surface area (Å²) in [6, 6.07) is 13.7. The lowest BCUT2D eigenvalue weighted by Gasteiger charge is -2.42. The van der Waals surface area contributed by atoms with Crippen LogP contribution in [0.25, 0.3) is 5.69 Å². The van der Waals surface area contributed by atoms with Gasteiger partial charge < -0.3 is 4.74 Å². The third kappa shape index (κ3) is 2.48. The lowest BCUT2D eigenvalue weighted by atomic mass is 9.83. The first-order valence-electron chi connectivity index (χ1n) is 9.84. The number of carbonyl (C=O) groups is 1. The molecule has 0 bridgehead atoms. The molecule has 2 aliphatic heterocycles. The molecule has 2 aliphatic rings. The topological polar surface area (TPSA) is 75.2 Å². The molecule has 5 rings (SSSR count). The number of para-hydroxylation sites is 1. The van der Waals surface area contributed by atoms with Gasteiger partial charge in [0.15, 0.2) is 5.78 Å². The Balaban J connectivity index is 1.74. The van der Waals surface area contributed by atoms with Crippen molar-refractivity contribution in [2.45, 2.75) is 39.0 Å². The van der Waals surface area contributed by atoms with Crippen molar-refractivity contribution in [3.05, 3.63) is 92.3 Å². The van der Waals surface area contributed by atoms with Crippen molar-refractivity contribution in [3.8, 4) is 11.4 Å². The number of ketones is 1. The highest BCUT2D eigenvalue weighted by Gasteiger charge is 2.43. The smallest absolute Gasteiger partial charge is 0.352 e. The van der Waals surface area contributed by atoms with Gasteiger partial charge in [0.05, 0.1) is 12.2 Å². The van der Waals surface area contributed by atoms with E-state index in [0.29, 0.717) is 17.0 Å². The highest BCUT2D eigenvalue weighted by Crippen LogP contribution is 2.45. The zero-order valence-electron chi connectivity index (χ0n) is 17.0. The molecular weight excluding hydrogens is 382 g/mol. The molecule has 2 aromatic carbocycles. The number of fused-ring (bicyclic) bond motifs is 5. The zero-order valence-corrected chi connectivity index (χ0v) is 17.0. The second-order valence-electron chi connectivity index (χ2n) is 8.14. The number of aromatic nitrogens is 3. The number of Topliss-reactive ketones (excluding diaryl/α,β-unsaturated/α-hetero) is 1. The summed E-state index contributed by atoms with van der Waals surface area (Å²) in [4.78, 5) is 38.2. The predicted octanol–water partition coefficient (Wildman–Crippen LogP) is 2.70. The highest BCUT2D eigenvalue weighted by atomic mass is 16.5. The van der Waals surface area contributed by atoms with Gasteiger partial charge in [-0.15, -0.1) is 0 Å². The van der Waals surface area contributed by atoms with E-state index >= 15 is 0 Å². The molecule has 0 aliphatic carbocycles. The molecule has 1 unspecified atom stereocenters. The van der Waals surface area contributed by atoms with Crippen LogP contribution in [0.3, 0.4) is 0 Å². The monoisotopic (exact) mass is 403 g/mol. The van der Waals surface area contributed by atoms with E-state index in [9.17, 15) is 14.4 Å². The highest BCUT2D eigenvalue weighted by molar-refractivity contribution is 5.94. The summed E-state index contributed by atoms with van der Waals surface area (Å²) in [5.41, 5.74) is 1.33. The standard InChI is InChI=1S/C23H21N3O4/c1-14(27)15-8-10-16(11-9-15)25-21(28)24-13-12-18-20(26(24)22(25)29)17-6-4-5-7-19(17)30-23(18,2)3/h4-12,20H,13H2,1-3H3. The maximum absolute atomic E-state index is 13.5. The lowest BCUT2D eigenvalue weighted by Crippen LogP contribution is -2.46. The molecule has 1 atom stereocenters. The molecule has 0 fully saturated rings. The van der Waals surface area contributed by atoms with E-state index in [4.69, 9.17) is 4.74 Å². The molecule has 0 saturated heterocycles. The van der Waals surface area contributed by atoms with E-state index in [1.807, 2.05) is 44.2 Å². The summed E-state index contributed by atoms with van der Waals surface area (Å²) in [5.74, 6) is 0.632. The molecule has 0 saturated carbocycles. The second kappa shape index (κ2) is 6.19. The summed E-state index contributed by atoms with van der Waals surface area (Å²) < 4.78 is 10.3. The molecule has 152 valence electrons. The second-order valence-corrected chi connectivity index (χ2v) is 8.14. The van der Waals surface area contributed by atoms with Gasteiger partial charge in [0.25, 0.3) is 0 Å². The quantitative estimate of drug-likeness (QED) is 0.487. The molecule has 0 radical (unpaired) electrons. The van der Waals surface area contributed by atoms with Gasteiger partial charge in [0.2, 0.25) is 0 Å². The Labute approximate surface area is 172 Å². The van der Waals surface area contributed by atoms with Gasteiger partial charge in [-0.05, 0) is 56.7 Å². The Bertz CT molecular complexity index is 1340. The minimum absolute atomic E-state index is 0.0725. The molecular formula is C23H21N3O4. The Kier molecular flexibility index (Phi) is 3.80. The maximum Gasteiger partial charge on any atom is 0.352 e. The Hall–Kier alpha value is -3.61. The van der Waals surface area contributed by atoms with Crippen molar-refractivity contribution in [2.24, 2.45) is 0 Å². The van der Waals surface area contributed by atoms with Gasteiger partial charge in [-0.2, -0.15) is 0 Å². The zero-order chi connectivity index (χ0) is 21.2. The third-order valence-electron chi connectivity index (χ3n) is 5.89. The fourth-order valence-electron chi connectivity index (χ4n) is 4.41. The SMILES string of the molecule is CC(=O)c1ccc(-n2c(=O)n3n(c2=O)C2C(=CC3)C(C)(C)Oc3ccccc32)cc1. The summed E-state index contributed by atoms with van der Waals surface area (Å²) in [7, 11) is 0. The van der Waals surface area contributed by atoms with Crippen LogP contribution in [0.2, 0.25) is 0 Å². The molecule has 0 N–H and O–H groups in total. The molecule has 30 heavy (non-hydrogen) atoms. The average molecular weight is 403 g/mol. The van der Waals surface area contributed by atoms with Crippen LogP contribution in [-0.2, 0) is 6.54 Å². The van der Waals surface area contributed by atoms with Gasteiger partial charge >= 0.3 is 11.4 Å². The van der Waals surface area contributed by atoms with Gasteiger partial charge in [0, 0.05) is 11.1 Å². The van der Waals surface area contributed by atoms with Crippen LogP contribution in [0.15, 0.2) is 69.8 Å². The van der Waals surface area contributed by atoms with E-state index in [1.165, 1.54) is 16.3 Å². The van der Waals surface area contributed by atoms with Crippen LogP contribution >= 0.6 is 0 Å². The number of carbonyl (C=O) groups excluding carboxylic acids is 1. The van der Waals surface area contributed by atoms with Crippen molar-refractivity contribution in [2.75, 3.05) is 0 Å². The van der Waals surface area contributed by atoms with Crippen molar-refractivity contribution < 1.29 is 9.53 Å². The fourth-order valence-corrected chi connectivity index (χ4v) is 4.41. The number of rotatable bonds is 2. The summed E-state index contributed by atoms with van der Waals surface area (Å²) in [6.45, 7) is 5.70. The number of nitrogens with zero attached hydrogens (tertiary/aromatic N) is 3. The first-order valence-corrected chi connectivity index (χ1v) is 9.84.